The van der Waals surface area contributed by atoms with Gasteiger partial charge < -0.3 is 4.74 Å². The van der Waals surface area contributed by atoms with Crippen molar-refractivity contribution >= 4 is 17.9 Å². The largest absolute Gasteiger partial charge is 0.489 e. The van der Waals surface area contributed by atoms with E-state index in [1.807, 2.05) is 97.2 Å². The van der Waals surface area contributed by atoms with Crippen LogP contribution in [-0.4, -0.2) is 33.0 Å². The zero-order valence-corrected chi connectivity index (χ0v) is 23.8. The molecule has 5 rings (SSSR count). The maximum absolute atomic E-state index is 13.6. The third-order valence-electron chi connectivity index (χ3n) is 7.25. The maximum Gasteiger partial charge on any atom is 0.271 e. The van der Waals surface area contributed by atoms with Crippen LogP contribution in [0.4, 0.5) is 0 Å². The predicted octanol–water partition coefficient (Wildman–Crippen LogP) is 6.90. The van der Waals surface area contributed by atoms with Crippen LogP contribution in [0.15, 0.2) is 108 Å². The molecule has 0 aliphatic carbocycles. The molecule has 7 nitrogen and oxygen atoms in total. The standard InChI is InChI=1S/C35H32N4O3/c1-3-4-11-20-38-34(40)31(25(2)32(22-36)35(38)41)21-28-23-39(29-14-9-6-10-15-29)37-33(28)27-16-18-30(19-17-27)42-24-26-12-7-5-8-13-26/h5-10,12-19,21,23H,3-4,11,20,24H2,1-2H3/b31-21+. The van der Waals surface area contributed by atoms with Gasteiger partial charge in [-0.1, -0.05) is 68.3 Å². The zero-order chi connectivity index (χ0) is 29.5. The monoisotopic (exact) mass is 556 g/mol. The molecule has 1 aliphatic rings. The van der Waals surface area contributed by atoms with Gasteiger partial charge in [-0.25, -0.2) is 4.68 Å². The number of hydrogen-bond donors (Lipinski definition) is 0. The van der Waals surface area contributed by atoms with Crippen molar-refractivity contribution in [3.8, 4) is 28.8 Å². The van der Waals surface area contributed by atoms with Crippen LogP contribution in [0.25, 0.3) is 23.0 Å². The number of para-hydroxylation sites is 1. The number of imide groups is 1. The number of carbonyl (C=O) groups excluding carboxylic acids is 2. The van der Waals surface area contributed by atoms with E-state index < -0.39 is 11.8 Å². The average Bonchev–Trinajstić information content (AvgIpc) is 3.45. The molecule has 0 spiro atoms. The Hall–Kier alpha value is -5.22. The lowest BCUT2D eigenvalue weighted by atomic mass is 9.93. The van der Waals surface area contributed by atoms with Crippen molar-refractivity contribution in [1.82, 2.24) is 14.7 Å². The van der Waals surface area contributed by atoms with Gasteiger partial charge in [0.1, 0.15) is 24.0 Å². The lowest BCUT2D eigenvalue weighted by Crippen LogP contribution is -2.43. The number of rotatable bonds is 10. The lowest BCUT2D eigenvalue weighted by Gasteiger charge is -2.27. The first-order valence-electron chi connectivity index (χ1n) is 14.1. The van der Waals surface area contributed by atoms with E-state index in [1.165, 1.54) is 4.90 Å². The van der Waals surface area contributed by atoms with Gasteiger partial charge in [-0.05, 0) is 67.0 Å². The predicted molar refractivity (Wildman–Crippen MR) is 162 cm³/mol. The number of unbranched alkanes of at least 4 members (excludes halogenated alkanes) is 2. The average molecular weight is 557 g/mol. The number of carbonyl (C=O) groups is 2. The normalized spacial score (nSPS) is 14.4. The summed E-state index contributed by atoms with van der Waals surface area (Å²) in [7, 11) is 0. The van der Waals surface area contributed by atoms with Gasteiger partial charge in [0.15, 0.2) is 0 Å². The van der Waals surface area contributed by atoms with Crippen LogP contribution in [0, 0.1) is 11.3 Å². The van der Waals surface area contributed by atoms with E-state index in [4.69, 9.17) is 9.84 Å². The molecule has 0 radical (unpaired) electrons. The molecule has 0 unspecified atom stereocenters. The Kier molecular flexibility index (Phi) is 8.74. The maximum atomic E-state index is 13.6. The number of benzene rings is 3. The van der Waals surface area contributed by atoms with Crippen LogP contribution >= 0.6 is 0 Å². The van der Waals surface area contributed by atoms with Gasteiger partial charge in [0.2, 0.25) is 0 Å². The summed E-state index contributed by atoms with van der Waals surface area (Å²) in [4.78, 5) is 27.8. The topological polar surface area (TPSA) is 88.2 Å². The molecule has 0 bridgehead atoms. The lowest BCUT2D eigenvalue weighted by molar-refractivity contribution is -0.140. The van der Waals surface area contributed by atoms with Gasteiger partial charge in [0.05, 0.1) is 11.4 Å². The van der Waals surface area contributed by atoms with Crippen molar-refractivity contribution in [2.45, 2.75) is 39.7 Å². The highest BCUT2D eigenvalue weighted by Crippen LogP contribution is 2.32. The minimum Gasteiger partial charge on any atom is -0.489 e. The van der Waals surface area contributed by atoms with E-state index in [0.717, 1.165) is 35.4 Å². The molecule has 2 heterocycles. The van der Waals surface area contributed by atoms with Crippen molar-refractivity contribution in [1.29, 1.82) is 5.26 Å². The quantitative estimate of drug-likeness (QED) is 0.120. The Balaban J connectivity index is 1.53. The molecular weight excluding hydrogens is 524 g/mol. The Morgan fingerprint density at radius 2 is 1.60 bits per heavy atom. The van der Waals surface area contributed by atoms with Gasteiger partial charge in [-0.3, -0.25) is 14.5 Å². The Morgan fingerprint density at radius 1 is 0.905 bits per heavy atom. The van der Waals surface area contributed by atoms with Crippen LogP contribution in [0.1, 0.15) is 44.2 Å². The van der Waals surface area contributed by atoms with Crippen LogP contribution in [0.3, 0.4) is 0 Å². The summed E-state index contributed by atoms with van der Waals surface area (Å²) in [6, 6.07) is 29.4. The number of hydrogen-bond acceptors (Lipinski definition) is 5. The Labute approximate surface area is 246 Å². The summed E-state index contributed by atoms with van der Waals surface area (Å²) in [6.45, 7) is 4.46. The highest BCUT2D eigenvalue weighted by Gasteiger charge is 2.35. The molecule has 4 aromatic rings. The van der Waals surface area contributed by atoms with E-state index in [9.17, 15) is 14.9 Å². The highest BCUT2D eigenvalue weighted by molar-refractivity contribution is 6.19. The number of nitrogens with zero attached hydrogens (tertiary/aromatic N) is 4. The van der Waals surface area contributed by atoms with E-state index in [-0.39, 0.29) is 12.1 Å². The molecule has 3 aromatic carbocycles. The van der Waals surface area contributed by atoms with Crippen molar-refractivity contribution < 1.29 is 14.3 Å². The number of nitriles is 1. The molecule has 210 valence electrons. The Morgan fingerprint density at radius 3 is 2.26 bits per heavy atom. The van der Waals surface area contributed by atoms with Gasteiger partial charge in [-0.2, -0.15) is 10.4 Å². The highest BCUT2D eigenvalue weighted by atomic mass is 16.5. The summed E-state index contributed by atoms with van der Waals surface area (Å²) in [5, 5.41) is 14.7. The van der Waals surface area contributed by atoms with Crippen LogP contribution in [0.2, 0.25) is 0 Å². The van der Waals surface area contributed by atoms with Crippen molar-refractivity contribution in [2.75, 3.05) is 6.54 Å². The summed E-state index contributed by atoms with van der Waals surface area (Å²) >= 11 is 0. The fraction of sp³-hybridized carbons (Fsp3) is 0.200. The molecule has 42 heavy (non-hydrogen) atoms. The third-order valence-corrected chi connectivity index (χ3v) is 7.25. The van der Waals surface area contributed by atoms with E-state index in [1.54, 1.807) is 17.7 Å². The number of aromatic nitrogens is 2. The molecule has 0 N–H and O–H groups in total. The molecule has 1 aromatic heterocycles. The summed E-state index contributed by atoms with van der Waals surface area (Å²) in [5.41, 5.74) is 4.83. The summed E-state index contributed by atoms with van der Waals surface area (Å²) < 4.78 is 7.73. The molecule has 0 saturated carbocycles. The van der Waals surface area contributed by atoms with E-state index in [2.05, 4.69) is 6.92 Å². The van der Waals surface area contributed by atoms with Crippen molar-refractivity contribution in [3.63, 3.8) is 0 Å². The Bertz CT molecular complexity index is 1680. The van der Waals surface area contributed by atoms with Crippen molar-refractivity contribution in [3.05, 3.63) is 119 Å². The zero-order valence-electron chi connectivity index (χ0n) is 23.8. The van der Waals surface area contributed by atoms with Crippen LogP contribution < -0.4 is 4.74 Å². The van der Waals surface area contributed by atoms with E-state index in [0.29, 0.717) is 35.4 Å². The van der Waals surface area contributed by atoms with Gasteiger partial charge in [0, 0.05) is 29.4 Å². The smallest absolute Gasteiger partial charge is 0.271 e. The fourth-order valence-electron chi connectivity index (χ4n) is 4.89. The second kappa shape index (κ2) is 13.0. The van der Waals surface area contributed by atoms with E-state index >= 15 is 0 Å². The number of amides is 2. The second-order valence-corrected chi connectivity index (χ2v) is 10.2. The summed E-state index contributed by atoms with van der Waals surface area (Å²) in [6.07, 6.45) is 6.14. The molecule has 2 amide bonds. The van der Waals surface area contributed by atoms with Crippen molar-refractivity contribution in [2.24, 2.45) is 0 Å². The third kappa shape index (κ3) is 6.08. The minimum atomic E-state index is -0.528. The van der Waals surface area contributed by atoms with Gasteiger partial charge in [0.25, 0.3) is 11.8 Å². The second-order valence-electron chi connectivity index (χ2n) is 10.2. The van der Waals surface area contributed by atoms with Crippen LogP contribution in [0.5, 0.6) is 5.75 Å². The molecular formula is C35H32N4O3. The molecule has 0 saturated heterocycles. The van der Waals surface area contributed by atoms with Crippen LogP contribution in [-0.2, 0) is 16.2 Å². The molecule has 0 fully saturated rings. The van der Waals surface area contributed by atoms with Gasteiger partial charge >= 0.3 is 0 Å². The minimum absolute atomic E-state index is 0.00531. The molecule has 7 heteroatoms. The first-order valence-corrected chi connectivity index (χ1v) is 14.1. The SMILES string of the molecule is CCCCCN1C(=O)C(C#N)=C(C)/C(=C\c2cn(-c3ccccc3)nc2-c2ccc(OCc3ccccc3)cc2)C1=O. The summed E-state index contributed by atoms with van der Waals surface area (Å²) in [5.74, 6) is -0.193. The molecule has 0 atom stereocenters. The molecule has 1 aliphatic heterocycles. The van der Waals surface area contributed by atoms with Gasteiger partial charge in [-0.15, -0.1) is 0 Å². The number of ether oxygens (including phenoxy) is 1. The first-order chi connectivity index (χ1) is 20.5. The fourth-order valence-corrected chi connectivity index (χ4v) is 4.89. The first kappa shape index (κ1) is 28.3.